The summed E-state index contributed by atoms with van der Waals surface area (Å²) in [4.78, 5) is 1.72. The molecule has 2 aromatic rings. The summed E-state index contributed by atoms with van der Waals surface area (Å²) in [5, 5.41) is 12.6. The molecule has 0 aliphatic heterocycles. The van der Waals surface area contributed by atoms with Gasteiger partial charge in [-0.15, -0.1) is 0 Å². The molecule has 0 bridgehead atoms. The first-order valence-corrected chi connectivity index (χ1v) is 7.58. The van der Waals surface area contributed by atoms with Crippen LogP contribution in [0.4, 0.5) is 0 Å². The van der Waals surface area contributed by atoms with Crippen LogP contribution < -0.4 is 5.32 Å². The van der Waals surface area contributed by atoms with Crippen LogP contribution in [-0.4, -0.2) is 21.5 Å². The molecule has 3 rings (SSSR count). The second-order valence-electron chi connectivity index (χ2n) is 5.53. The fourth-order valence-corrected chi connectivity index (χ4v) is 2.53. The van der Waals surface area contributed by atoms with Gasteiger partial charge in [0, 0.05) is 0 Å². The minimum Gasteiger partial charge on any atom is -0.309 e. The first kappa shape index (κ1) is 13.3. The Balaban J connectivity index is 1.72. The Labute approximate surface area is 120 Å². The van der Waals surface area contributed by atoms with Crippen molar-refractivity contribution in [3.63, 3.8) is 0 Å². The first-order valence-electron chi connectivity index (χ1n) is 7.58. The van der Waals surface area contributed by atoms with Crippen LogP contribution in [0.25, 0.3) is 5.69 Å². The largest absolute Gasteiger partial charge is 0.309 e. The fraction of sp³-hybridized carbons (Fsp3) is 0.500. The molecular weight excluding hydrogens is 248 g/mol. The van der Waals surface area contributed by atoms with E-state index >= 15 is 0 Å². The minimum atomic E-state index is 0.332. The van der Waals surface area contributed by atoms with Crippen LogP contribution in [0, 0.1) is 5.92 Å². The summed E-state index contributed by atoms with van der Waals surface area (Å²) < 4.78 is 0. The predicted octanol–water partition coefficient (Wildman–Crippen LogP) is 3.11. The normalized spacial score (nSPS) is 16.2. The Morgan fingerprint density at radius 1 is 1.30 bits per heavy atom. The Hall–Kier alpha value is -1.68. The van der Waals surface area contributed by atoms with Crippen LogP contribution in [0.15, 0.2) is 36.5 Å². The lowest BCUT2D eigenvalue weighted by molar-refractivity contribution is 0.469. The van der Waals surface area contributed by atoms with E-state index in [0.29, 0.717) is 6.04 Å². The van der Waals surface area contributed by atoms with Gasteiger partial charge in [-0.2, -0.15) is 15.0 Å². The van der Waals surface area contributed by atoms with Crippen molar-refractivity contribution in [2.24, 2.45) is 5.92 Å². The van der Waals surface area contributed by atoms with Gasteiger partial charge in [0.25, 0.3) is 0 Å². The maximum absolute atomic E-state index is 4.64. The highest BCUT2D eigenvalue weighted by atomic mass is 15.5. The zero-order chi connectivity index (χ0) is 13.8. The Morgan fingerprint density at radius 2 is 2.10 bits per heavy atom. The van der Waals surface area contributed by atoms with E-state index in [1.54, 1.807) is 4.80 Å². The van der Waals surface area contributed by atoms with Crippen molar-refractivity contribution >= 4 is 0 Å². The molecule has 1 atom stereocenters. The third kappa shape index (κ3) is 3.25. The average Bonchev–Trinajstić information content (AvgIpc) is 3.19. The van der Waals surface area contributed by atoms with Crippen molar-refractivity contribution in [3.05, 3.63) is 42.2 Å². The molecule has 1 aromatic heterocycles. The summed E-state index contributed by atoms with van der Waals surface area (Å²) in [5.74, 6) is 0.959. The van der Waals surface area contributed by atoms with Gasteiger partial charge in [-0.3, -0.25) is 0 Å². The van der Waals surface area contributed by atoms with E-state index in [9.17, 15) is 0 Å². The second-order valence-corrected chi connectivity index (χ2v) is 5.53. The quantitative estimate of drug-likeness (QED) is 0.840. The molecule has 1 aliphatic rings. The molecule has 4 nitrogen and oxygen atoms in total. The number of nitrogens with zero attached hydrogens (tertiary/aromatic N) is 3. The van der Waals surface area contributed by atoms with Gasteiger partial charge < -0.3 is 5.32 Å². The maximum atomic E-state index is 4.64. The molecule has 0 radical (unpaired) electrons. The summed E-state index contributed by atoms with van der Waals surface area (Å²) in [7, 11) is 0. The molecule has 1 heterocycles. The number of rotatable bonds is 7. The van der Waals surface area contributed by atoms with Crippen LogP contribution in [0.1, 0.15) is 44.3 Å². The number of hydrogen-bond donors (Lipinski definition) is 1. The van der Waals surface area contributed by atoms with Crippen molar-refractivity contribution in [2.45, 2.75) is 38.6 Å². The lowest BCUT2D eigenvalue weighted by Gasteiger charge is -2.14. The molecule has 1 aliphatic carbocycles. The topological polar surface area (TPSA) is 42.7 Å². The Kier molecular flexibility index (Phi) is 4.11. The van der Waals surface area contributed by atoms with Gasteiger partial charge in [0.05, 0.1) is 17.9 Å². The zero-order valence-electron chi connectivity index (χ0n) is 12.0. The second kappa shape index (κ2) is 6.18. The van der Waals surface area contributed by atoms with Gasteiger partial charge in [0.15, 0.2) is 0 Å². The molecular formula is C16H22N4. The van der Waals surface area contributed by atoms with Gasteiger partial charge in [0.1, 0.15) is 5.69 Å². The van der Waals surface area contributed by atoms with Crippen molar-refractivity contribution in [1.82, 2.24) is 20.3 Å². The van der Waals surface area contributed by atoms with Gasteiger partial charge >= 0.3 is 0 Å². The van der Waals surface area contributed by atoms with Gasteiger partial charge in [-0.1, -0.05) is 38.0 Å². The summed E-state index contributed by atoms with van der Waals surface area (Å²) in [6.45, 7) is 3.11. The number of hydrogen-bond acceptors (Lipinski definition) is 3. The predicted molar refractivity (Wildman–Crippen MR) is 79.7 cm³/mol. The van der Waals surface area contributed by atoms with Crippen LogP contribution in [0.5, 0.6) is 0 Å². The van der Waals surface area contributed by atoms with Crippen LogP contribution in [0.2, 0.25) is 0 Å². The highest BCUT2D eigenvalue weighted by molar-refractivity contribution is 5.28. The van der Waals surface area contributed by atoms with Gasteiger partial charge in [0.2, 0.25) is 0 Å². The van der Waals surface area contributed by atoms with E-state index in [1.165, 1.54) is 19.3 Å². The molecule has 1 unspecified atom stereocenters. The monoisotopic (exact) mass is 270 g/mol. The van der Waals surface area contributed by atoms with Crippen LogP contribution in [-0.2, 0) is 0 Å². The van der Waals surface area contributed by atoms with Crippen molar-refractivity contribution in [3.8, 4) is 5.69 Å². The first-order chi connectivity index (χ1) is 9.86. The summed E-state index contributed by atoms with van der Waals surface area (Å²) in [6, 6.07) is 10.4. The molecule has 0 saturated heterocycles. The molecule has 1 saturated carbocycles. The lowest BCUT2D eigenvalue weighted by atomic mass is 10.1. The molecule has 0 amide bonds. The van der Waals surface area contributed by atoms with Gasteiger partial charge in [-0.25, -0.2) is 0 Å². The fourth-order valence-electron chi connectivity index (χ4n) is 2.53. The van der Waals surface area contributed by atoms with Crippen LogP contribution >= 0.6 is 0 Å². The Morgan fingerprint density at radius 3 is 2.80 bits per heavy atom. The van der Waals surface area contributed by atoms with Gasteiger partial charge in [-0.05, 0) is 37.4 Å². The van der Waals surface area contributed by atoms with E-state index in [2.05, 4.69) is 22.4 Å². The number of aromatic nitrogens is 3. The van der Waals surface area contributed by atoms with Crippen molar-refractivity contribution in [1.29, 1.82) is 0 Å². The Bertz CT molecular complexity index is 530. The number of benzene rings is 1. The molecule has 106 valence electrons. The van der Waals surface area contributed by atoms with E-state index in [1.807, 2.05) is 36.5 Å². The third-order valence-corrected chi connectivity index (χ3v) is 3.86. The van der Waals surface area contributed by atoms with Crippen LogP contribution in [0.3, 0.4) is 0 Å². The molecule has 1 fully saturated rings. The van der Waals surface area contributed by atoms with E-state index < -0.39 is 0 Å². The standard InChI is InChI=1S/C16H22N4/c1-2-17-15(11-10-13-8-9-13)16-12-18-20(19-16)14-6-4-3-5-7-14/h3-7,12-13,15,17H,2,8-11H2,1H3. The lowest BCUT2D eigenvalue weighted by Crippen LogP contribution is -2.21. The number of nitrogens with one attached hydrogen (secondary N) is 1. The van der Waals surface area contributed by atoms with Crippen molar-refractivity contribution in [2.75, 3.05) is 6.54 Å². The minimum absolute atomic E-state index is 0.332. The highest BCUT2D eigenvalue weighted by Crippen LogP contribution is 2.35. The molecule has 0 spiro atoms. The highest BCUT2D eigenvalue weighted by Gasteiger charge is 2.23. The maximum Gasteiger partial charge on any atom is 0.100 e. The molecule has 1 aromatic carbocycles. The molecule has 4 heteroatoms. The third-order valence-electron chi connectivity index (χ3n) is 3.86. The van der Waals surface area contributed by atoms with E-state index in [-0.39, 0.29) is 0 Å². The zero-order valence-corrected chi connectivity index (χ0v) is 12.0. The smallest absolute Gasteiger partial charge is 0.100 e. The summed E-state index contributed by atoms with van der Waals surface area (Å²) in [6.07, 6.45) is 7.18. The van der Waals surface area contributed by atoms with Crippen molar-refractivity contribution < 1.29 is 0 Å². The SMILES string of the molecule is CCNC(CCC1CC1)c1cnn(-c2ccccc2)n1. The van der Waals surface area contributed by atoms with E-state index in [4.69, 9.17) is 0 Å². The van der Waals surface area contributed by atoms with E-state index in [0.717, 1.165) is 30.3 Å². The molecule has 20 heavy (non-hydrogen) atoms. The summed E-state index contributed by atoms with van der Waals surface area (Å²) >= 11 is 0. The summed E-state index contributed by atoms with van der Waals surface area (Å²) in [5.41, 5.74) is 2.06. The molecule has 1 N–H and O–H groups in total. The average molecular weight is 270 g/mol. The number of para-hydroxylation sites is 1.